The molecular weight excluding hydrogens is 783 g/mol. The van der Waals surface area contributed by atoms with E-state index in [0.29, 0.717) is 28.1 Å². The Morgan fingerprint density at radius 1 is 1.02 bits per heavy atom. The van der Waals surface area contributed by atoms with Crippen LogP contribution in [0.4, 0.5) is 4.79 Å². The van der Waals surface area contributed by atoms with Crippen LogP contribution in [0.2, 0.25) is 0 Å². The normalized spacial score (nSPS) is 21.1. The first-order valence-corrected chi connectivity index (χ1v) is 21.2. The molecule has 0 bridgehead atoms. The zero-order valence-electron chi connectivity index (χ0n) is 33.5. The number of thiophene rings is 1. The van der Waals surface area contributed by atoms with Crippen molar-refractivity contribution < 1.29 is 41.8 Å². The summed E-state index contributed by atoms with van der Waals surface area (Å²) in [5.41, 5.74) is -1.27. The number of nitrogens with zero attached hydrogens (tertiary/aromatic N) is 2. The van der Waals surface area contributed by atoms with Crippen LogP contribution in [-0.2, 0) is 29.1 Å². The molecule has 0 radical (unpaired) electrons. The Bertz CT molecular complexity index is 2320. The lowest BCUT2D eigenvalue weighted by atomic mass is 9.85. The van der Waals surface area contributed by atoms with Crippen LogP contribution in [0.15, 0.2) is 89.0 Å². The molecule has 1 aliphatic carbocycles. The first-order chi connectivity index (χ1) is 27.2. The topological polar surface area (TPSA) is 182 Å². The third kappa shape index (κ3) is 9.12. The molecule has 2 aliphatic rings. The van der Waals surface area contributed by atoms with Crippen LogP contribution in [0.1, 0.15) is 54.4 Å². The van der Waals surface area contributed by atoms with Crippen LogP contribution >= 0.6 is 11.3 Å². The van der Waals surface area contributed by atoms with Crippen molar-refractivity contribution in [2.75, 3.05) is 13.7 Å². The second kappa shape index (κ2) is 16.0. The van der Waals surface area contributed by atoms with Gasteiger partial charge in [0.05, 0.1) is 24.9 Å². The van der Waals surface area contributed by atoms with Crippen LogP contribution in [-0.4, -0.2) is 85.1 Å². The summed E-state index contributed by atoms with van der Waals surface area (Å²) in [4.78, 5) is 62.3. The molecule has 58 heavy (non-hydrogen) atoms. The molecule has 1 saturated carbocycles. The summed E-state index contributed by atoms with van der Waals surface area (Å²) < 4.78 is 45.9. The van der Waals surface area contributed by atoms with E-state index in [2.05, 4.69) is 21.9 Å². The summed E-state index contributed by atoms with van der Waals surface area (Å²) in [6.45, 7) is 14.2. The van der Waals surface area contributed by atoms with Crippen molar-refractivity contribution in [2.24, 2.45) is 11.3 Å². The Hall–Kier alpha value is -5.48. The number of carbonyl (C=O) groups is 4. The monoisotopic (exact) mass is 831 g/mol. The van der Waals surface area contributed by atoms with Gasteiger partial charge in [0.25, 0.3) is 15.9 Å². The number of pyridine rings is 1. The van der Waals surface area contributed by atoms with Gasteiger partial charge in [-0.15, -0.1) is 17.9 Å². The maximum atomic E-state index is 14.7. The van der Waals surface area contributed by atoms with Gasteiger partial charge in [-0.2, -0.15) is 0 Å². The molecule has 4 aromatic rings. The van der Waals surface area contributed by atoms with E-state index in [1.807, 2.05) is 36.4 Å². The number of nitrogens with one attached hydrogen (secondary N) is 3. The van der Waals surface area contributed by atoms with E-state index in [1.165, 1.54) is 17.0 Å². The van der Waals surface area contributed by atoms with Crippen molar-refractivity contribution in [3.63, 3.8) is 0 Å². The van der Waals surface area contributed by atoms with Crippen LogP contribution in [0.3, 0.4) is 0 Å². The molecular formula is C42H49N5O9S2. The van der Waals surface area contributed by atoms with E-state index in [-0.39, 0.29) is 23.6 Å². The Labute approximate surface area is 342 Å². The van der Waals surface area contributed by atoms with Gasteiger partial charge in [0.15, 0.2) is 0 Å². The van der Waals surface area contributed by atoms with Gasteiger partial charge in [-0.25, -0.2) is 22.9 Å². The first kappa shape index (κ1) is 42.1. The fourth-order valence-electron chi connectivity index (χ4n) is 6.97. The Morgan fingerprint density at radius 2 is 1.74 bits per heavy atom. The van der Waals surface area contributed by atoms with Crippen molar-refractivity contribution in [1.82, 2.24) is 25.2 Å². The predicted octanol–water partition coefficient (Wildman–Crippen LogP) is 5.83. The smallest absolute Gasteiger partial charge is 0.408 e. The quantitative estimate of drug-likeness (QED) is 0.147. The average Bonchev–Trinajstić information content (AvgIpc) is 3.44. The Balaban J connectivity index is 1.35. The molecule has 5 unspecified atom stereocenters. The zero-order valence-corrected chi connectivity index (χ0v) is 35.2. The molecule has 4 amide bonds. The maximum Gasteiger partial charge on any atom is 0.408 e. The highest BCUT2D eigenvalue weighted by atomic mass is 32.2. The molecule has 2 aromatic heterocycles. The molecule has 14 nitrogen and oxygen atoms in total. The van der Waals surface area contributed by atoms with Gasteiger partial charge in [-0.05, 0) is 56.2 Å². The van der Waals surface area contributed by atoms with Gasteiger partial charge in [-0.3, -0.25) is 14.4 Å². The van der Waals surface area contributed by atoms with Crippen LogP contribution in [0.5, 0.6) is 11.5 Å². The number of ether oxygens (including phenoxy) is 3. The lowest BCUT2D eigenvalue weighted by Gasteiger charge is -2.36. The lowest BCUT2D eigenvalue weighted by molar-refractivity contribution is -0.143. The number of carbonyl (C=O) groups excluding carboxylic acids is 4. The van der Waals surface area contributed by atoms with Crippen molar-refractivity contribution in [3.05, 3.63) is 84.8 Å². The summed E-state index contributed by atoms with van der Waals surface area (Å²) in [5.74, 6) is -1.74. The highest BCUT2D eigenvalue weighted by Crippen LogP contribution is 2.45. The van der Waals surface area contributed by atoms with E-state index in [1.54, 1.807) is 78.3 Å². The van der Waals surface area contributed by atoms with E-state index >= 15 is 0 Å². The SMILES string of the molecule is C=CC1CC1(NC(=O)C1CC(Oc2cc(-c3ccccc3)nc3cc(OC)ccc23)CN1C(=O)C(NC(=O)OC(C)(C)C)C(C)(C)C)C(=O)NS(=O)(=O)c1cccs1. The van der Waals surface area contributed by atoms with Crippen molar-refractivity contribution in [2.45, 2.75) is 87.9 Å². The van der Waals surface area contributed by atoms with E-state index < -0.39 is 74.5 Å². The number of amides is 4. The number of alkyl carbamates (subject to hydrolysis) is 1. The highest BCUT2D eigenvalue weighted by molar-refractivity contribution is 7.92. The number of fused-ring (bicyclic) bond motifs is 1. The van der Waals surface area contributed by atoms with Gasteiger partial charge in [-0.1, -0.05) is 63.2 Å². The van der Waals surface area contributed by atoms with Crippen LogP contribution < -0.4 is 24.8 Å². The van der Waals surface area contributed by atoms with Crippen molar-refractivity contribution in [1.29, 1.82) is 0 Å². The summed E-state index contributed by atoms with van der Waals surface area (Å²) in [7, 11) is -2.67. The standard InChI is InChI=1S/C42H49N5O9S2/c1-9-26-23-42(26,38(50)46-58(52,53)34-16-13-19-57-34)45-36(48)32-21-28(24-47(32)37(49)35(40(2,3)4)44-39(51)56-41(5,6)7)55-33-22-30(25-14-11-10-12-15-25)43-31-20-27(54-8)17-18-29(31)33/h9-20,22,26,28,32,35H,1,21,23-24H2,2-8H3,(H,44,51)(H,45,48)(H,46,50). The minimum Gasteiger partial charge on any atom is -0.497 e. The second-order valence-corrected chi connectivity index (χ2v) is 19.4. The molecule has 6 rings (SSSR count). The molecule has 3 N–H and O–H groups in total. The number of aromatic nitrogens is 1. The Morgan fingerprint density at radius 3 is 2.34 bits per heavy atom. The molecule has 1 saturated heterocycles. The van der Waals surface area contributed by atoms with Crippen LogP contribution in [0.25, 0.3) is 22.2 Å². The van der Waals surface area contributed by atoms with Gasteiger partial charge in [0.1, 0.15) is 45.0 Å². The third-order valence-electron chi connectivity index (χ3n) is 10.0. The predicted molar refractivity (Wildman–Crippen MR) is 220 cm³/mol. The largest absolute Gasteiger partial charge is 0.497 e. The summed E-state index contributed by atoms with van der Waals surface area (Å²) in [5, 5.41) is 7.76. The molecule has 16 heteroatoms. The molecule has 1 aliphatic heterocycles. The summed E-state index contributed by atoms with van der Waals surface area (Å²) >= 11 is 0.944. The number of rotatable bonds is 12. The maximum absolute atomic E-state index is 14.7. The lowest BCUT2D eigenvalue weighted by Crippen LogP contribution is -2.60. The third-order valence-corrected chi connectivity index (χ3v) is 12.7. The second-order valence-electron chi connectivity index (χ2n) is 16.6. The van der Waals surface area contributed by atoms with Gasteiger partial charge >= 0.3 is 6.09 Å². The average molecular weight is 832 g/mol. The van der Waals surface area contributed by atoms with E-state index in [0.717, 1.165) is 16.9 Å². The summed E-state index contributed by atoms with van der Waals surface area (Å²) in [6, 6.07) is 17.3. The molecule has 2 fully saturated rings. The number of methoxy groups -OCH3 is 1. The first-order valence-electron chi connectivity index (χ1n) is 18.8. The van der Waals surface area contributed by atoms with Gasteiger partial charge < -0.3 is 29.7 Å². The van der Waals surface area contributed by atoms with E-state index in [9.17, 15) is 27.6 Å². The van der Waals surface area contributed by atoms with Crippen molar-refractivity contribution in [3.8, 4) is 22.8 Å². The molecule has 5 atom stereocenters. The number of sulfonamides is 1. The number of hydrogen-bond donors (Lipinski definition) is 3. The number of hydrogen-bond acceptors (Lipinski definition) is 11. The minimum absolute atomic E-state index is 0.00847. The molecule has 3 heterocycles. The molecule has 308 valence electrons. The fourth-order valence-corrected chi connectivity index (χ4v) is 9.00. The Kier molecular flexibility index (Phi) is 11.7. The minimum atomic E-state index is -4.23. The number of benzene rings is 2. The van der Waals surface area contributed by atoms with Gasteiger partial charge in [0.2, 0.25) is 11.8 Å². The highest BCUT2D eigenvalue weighted by Gasteiger charge is 2.61. The zero-order chi connectivity index (χ0) is 42.2. The summed E-state index contributed by atoms with van der Waals surface area (Å²) in [6.07, 6.45) is 0.00136. The van der Waals surface area contributed by atoms with E-state index in [4.69, 9.17) is 19.2 Å². The number of likely N-dealkylation sites (tertiary alicyclic amines) is 1. The fraction of sp³-hybridized carbons (Fsp3) is 0.405. The van der Waals surface area contributed by atoms with Crippen molar-refractivity contribution >= 4 is 56.1 Å². The molecule has 0 spiro atoms. The van der Waals surface area contributed by atoms with Crippen LogP contribution in [0, 0.1) is 11.3 Å². The molecule has 2 aromatic carbocycles. The van der Waals surface area contributed by atoms with Gasteiger partial charge in [0, 0.05) is 35.4 Å².